The first-order chi connectivity index (χ1) is 24.7. The monoisotopic (exact) mass is 749 g/mol. The summed E-state index contributed by atoms with van der Waals surface area (Å²) in [5, 5.41) is 0. The molecule has 0 heterocycles. The normalized spacial score (nSPS) is 11.4. The summed E-state index contributed by atoms with van der Waals surface area (Å²) < 4.78 is 39.5. The van der Waals surface area contributed by atoms with E-state index in [1.807, 2.05) is 61.1 Å². The first kappa shape index (κ1) is 42.4. The van der Waals surface area contributed by atoms with Gasteiger partial charge in [0.05, 0.1) is 22.4 Å². The fourth-order valence-corrected chi connectivity index (χ4v) is 8.07. The van der Waals surface area contributed by atoms with E-state index < -0.39 is 15.7 Å². The second-order valence-electron chi connectivity index (χ2n) is 13.8. The lowest BCUT2D eigenvalue weighted by Crippen LogP contribution is -2.27. The molecule has 0 atom stereocenters. The van der Waals surface area contributed by atoms with Crippen LogP contribution in [0.25, 0.3) is 0 Å². The Balaban J connectivity index is 0.000000341. The van der Waals surface area contributed by atoms with Gasteiger partial charge in [-0.15, -0.1) is 0 Å². The molecule has 0 N–H and O–H groups in total. The van der Waals surface area contributed by atoms with Crippen LogP contribution < -0.4 is 14.5 Å². The van der Waals surface area contributed by atoms with E-state index in [4.69, 9.17) is 13.7 Å². The third kappa shape index (κ3) is 14.6. The van der Waals surface area contributed by atoms with Crippen LogP contribution in [0, 0.1) is 0 Å². The third-order valence-corrected chi connectivity index (χ3v) is 11.3. The Morgan fingerprint density at radius 2 is 1.12 bits per heavy atom. The molecular formula is C42H57N2O6S2+. The molecule has 0 aliphatic carbocycles. The number of hydrogen-bond donors (Lipinski definition) is 0. The maximum absolute atomic E-state index is 12.0. The predicted octanol–water partition coefficient (Wildman–Crippen LogP) is 9.39. The zero-order chi connectivity index (χ0) is 38.1. The lowest BCUT2D eigenvalue weighted by molar-refractivity contribution is -0.157. The minimum atomic E-state index is -3.56. The van der Waals surface area contributed by atoms with Gasteiger partial charge in [-0.1, -0.05) is 57.2 Å². The predicted molar refractivity (Wildman–Crippen MR) is 214 cm³/mol. The van der Waals surface area contributed by atoms with Gasteiger partial charge in [0.1, 0.15) is 11.4 Å². The molecule has 10 heteroatoms. The Morgan fingerprint density at radius 1 is 0.654 bits per heavy atom. The summed E-state index contributed by atoms with van der Waals surface area (Å²) in [4.78, 5) is 20.1. The van der Waals surface area contributed by atoms with Crippen LogP contribution >= 0.6 is 0 Å². The van der Waals surface area contributed by atoms with Crippen molar-refractivity contribution in [1.29, 1.82) is 0 Å². The van der Waals surface area contributed by atoms with Crippen molar-refractivity contribution in [1.82, 2.24) is 0 Å². The summed E-state index contributed by atoms with van der Waals surface area (Å²) in [6.45, 7) is 7.88. The van der Waals surface area contributed by atoms with Gasteiger partial charge in [0, 0.05) is 39.6 Å². The molecule has 0 aliphatic heterocycles. The van der Waals surface area contributed by atoms with E-state index in [0.29, 0.717) is 5.75 Å². The second-order valence-corrected chi connectivity index (χ2v) is 17.4. The van der Waals surface area contributed by atoms with Crippen molar-refractivity contribution < 1.29 is 26.9 Å². The van der Waals surface area contributed by atoms with Crippen molar-refractivity contribution in [3.05, 3.63) is 103 Å². The smallest absolute Gasteiger partial charge is 0.344 e. The van der Waals surface area contributed by atoms with Gasteiger partial charge < -0.3 is 19.3 Å². The van der Waals surface area contributed by atoms with Crippen molar-refractivity contribution in [2.45, 2.75) is 91.4 Å². The summed E-state index contributed by atoms with van der Waals surface area (Å²) in [7, 11) is 4.35. The van der Waals surface area contributed by atoms with E-state index in [1.165, 1.54) is 45.3 Å². The SMILES string of the molecule is CCCCCCCCOS(=O)(=O)c1ccccc1.CN(C)c1ccc([S+](c2ccc(OCC(=O)OC(C)(C)C)cc2)c2ccc(N(C)C)cc2)cc1. The Labute approximate surface area is 315 Å². The number of unbranched alkanes of at least 4 members (excludes halogenated alkanes) is 5. The van der Waals surface area contributed by atoms with Crippen molar-refractivity contribution in [2.75, 3.05) is 51.2 Å². The van der Waals surface area contributed by atoms with Gasteiger partial charge in [-0.3, -0.25) is 4.18 Å². The van der Waals surface area contributed by atoms with Gasteiger partial charge in [0.2, 0.25) is 0 Å². The maximum Gasteiger partial charge on any atom is 0.344 e. The lowest BCUT2D eigenvalue weighted by Gasteiger charge is -2.19. The van der Waals surface area contributed by atoms with Crippen LogP contribution in [0.1, 0.15) is 66.2 Å². The number of carbonyl (C=O) groups excluding carboxylic acids is 1. The Hall–Kier alpha value is -3.99. The van der Waals surface area contributed by atoms with Gasteiger partial charge in [-0.05, 0) is 112 Å². The van der Waals surface area contributed by atoms with Crippen LogP contribution in [0.2, 0.25) is 0 Å². The number of carbonyl (C=O) groups is 1. The number of benzene rings is 4. The average molecular weight is 750 g/mol. The third-order valence-electron chi connectivity index (χ3n) is 7.78. The number of esters is 1. The van der Waals surface area contributed by atoms with Gasteiger partial charge >= 0.3 is 5.97 Å². The van der Waals surface area contributed by atoms with Crippen molar-refractivity contribution in [2.24, 2.45) is 0 Å². The Morgan fingerprint density at radius 3 is 1.58 bits per heavy atom. The van der Waals surface area contributed by atoms with Crippen LogP contribution in [0.5, 0.6) is 5.75 Å². The molecule has 0 amide bonds. The molecule has 0 saturated heterocycles. The summed E-state index contributed by atoms with van der Waals surface area (Å²) in [5.41, 5.74) is 1.81. The highest BCUT2D eigenvalue weighted by atomic mass is 32.2. The van der Waals surface area contributed by atoms with Crippen molar-refractivity contribution >= 4 is 38.4 Å². The van der Waals surface area contributed by atoms with Crippen LogP contribution in [-0.2, 0) is 34.7 Å². The first-order valence-corrected chi connectivity index (χ1v) is 20.5. The fourth-order valence-electron chi connectivity index (χ4n) is 5.06. The molecule has 8 nitrogen and oxygen atoms in total. The molecular weight excluding hydrogens is 693 g/mol. The molecule has 0 saturated carbocycles. The van der Waals surface area contributed by atoms with Gasteiger partial charge in [-0.25, -0.2) is 4.79 Å². The topological polar surface area (TPSA) is 85.4 Å². The van der Waals surface area contributed by atoms with Crippen LogP contribution in [0.4, 0.5) is 11.4 Å². The van der Waals surface area contributed by atoms with Crippen LogP contribution in [0.3, 0.4) is 0 Å². The molecule has 0 aliphatic rings. The molecule has 282 valence electrons. The molecule has 0 fully saturated rings. The Kier molecular flexibility index (Phi) is 17.0. The number of nitrogens with zero attached hydrogens (tertiary/aromatic N) is 2. The highest BCUT2D eigenvalue weighted by molar-refractivity contribution is 7.97. The van der Waals surface area contributed by atoms with Crippen molar-refractivity contribution in [3.8, 4) is 5.75 Å². The van der Waals surface area contributed by atoms with E-state index in [-0.39, 0.29) is 35.0 Å². The average Bonchev–Trinajstić information content (AvgIpc) is 3.11. The van der Waals surface area contributed by atoms with Gasteiger partial charge in [0.15, 0.2) is 21.3 Å². The first-order valence-electron chi connectivity index (χ1n) is 17.9. The summed E-state index contributed by atoms with van der Waals surface area (Å²) in [6, 6.07) is 33.7. The number of hydrogen-bond acceptors (Lipinski definition) is 8. The molecule has 0 spiro atoms. The fraction of sp³-hybridized carbons (Fsp3) is 0.405. The highest BCUT2D eigenvalue weighted by Gasteiger charge is 2.29. The number of anilines is 2. The van der Waals surface area contributed by atoms with E-state index in [0.717, 1.165) is 19.3 Å². The molecule has 4 aromatic rings. The molecule has 52 heavy (non-hydrogen) atoms. The Bertz CT molecular complexity index is 1670. The lowest BCUT2D eigenvalue weighted by atomic mass is 10.1. The van der Waals surface area contributed by atoms with Crippen LogP contribution in [-0.4, -0.2) is 61.4 Å². The summed E-state index contributed by atoms with van der Waals surface area (Å²) in [5.74, 6) is 0.266. The van der Waals surface area contributed by atoms with E-state index >= 15 is 0 Å². The van der Waals surface area contributed by atoms with E-state index in [9.17, 15) is 13.2 Å². The number of rotatable bonds is 17. The minimum Gasteiger partial charge on any atom is -0.482 e. The second kappa shape index (κ2) is 20.9. The summed E-state index contributed by atoms with van der Waals surface area (Å²) in [6.07, 6.45) is 6.69. The highest BCUT2D eigenvalue weighted by Crippen LogP contribution is 2.34. The summed E-state index contributed by atoms with van der Waals surface area (Å²) >= 11 is 0. The molecule has 0 aromatic heterocycles. The number of ether oxygens (including phenoxy) is 2. The minimum absolute atomic E-state index is 0.111. The zero-order valence-electron chi connectivity index (χ0n) is 32.1. The molecule has 4 aromatic carbocycles. The molecule has 0 radical (unpaired) electrons. The molecule has 4 rings (SSSR count). The van der Waals surface area contributed by atoms with Gasteiger partial charge in [-0.2, -0.15) is 8.42 Å². The molecule has 0 unspecified atom stereocenters. The van der Waals surface area contributed by atoms with Crippen molar-refractivity contribution in [3.63, 3.8) is 0 Å². The van der Waals surface area contributed by atoms with E-state index in [1.54, 1.807) is 30.3 Å². The van der Waals surface area contributed by atoms with Crippen LogP contribution in [0.15, 0.2) is 123 Å². The van der Waals surface area contributed by atoms with Gasteiger partial charge in [0.25, 0.3) is 10.1 Å². The molecule has 0 bridgehead atoms. The van der Waals surface area contributed by atoms with E-state index in [2.05, 4.69) is 77.4 Å². The quantitative estimate of drug-likeness (QED) is 0.0457. The largest absolute Gasteiger partial charge is 0.482 e. The standard InChI is InChI=1S/C28H35N2O3S.C14H22O3S/c1-28(2,3)33-27(31)20-32-23-12-18-26(19-13-23)34(24-14-8-21(9-15-24)29(4)5)25-16-10-22(11-17-25)30(6)7;1-2-3-4-5-6-10-13-17-18(15,16)14-11-8-7-9-12-14/h8-19H,20H2,1-7H3;7-9,11-12H,2-6,10,13H2,1H3/q+1;. The zero-order valence-corrected chi connectivity index (χ0v) is 33.8. The maximum atomic E-state index is 12.0.